The summed E-state index contributed by atoms with van der Waals surface area (Å²) in [6, 6.07) is 0. The minimum Gasteiger partial charge on any atom is -0.481 e. The number of carbonyl (C=O) groups is 1. The Bertz CT molecular complexity index is 345. The summed E-state index contributed by atoms with van der Waals surface area (Å²) >= 11 is 0. The molecule has 4 heteroatoms. The first kappa shape index (κ1) is 27.4. The summed E-state index contributed by atoms with van der Waals surface area (Å²) in [5.41, 5.74) is 0. The van der Waals surface area contributed by atoms with Gasteiger partial charge in [0, 0.05) is 0 Å². The molecule has 0 spiro atoms. The first-order valence-corrected chi connectivity index (χ1v) is 12.1. The summed E-state index contributed by atoms with van der Waals surface area (Å²) in [4.78, 5) is 11.5. The Hall–Kier alpha value is -0.610. The molecule has 3 unspecified atom stereocenters. The second kappa shape index (κ2) is 19.7. The fourth-order valence-corrected chi connectivity index (χ4v) is 3.85. The topological polar surface area (TPSA) is 77.8 Å². The van der Waals surface area contributed by atoms with E-state index in [2.05, 4.69) is 13.8 Å². The van der Waals surface area contributed by atoms with Gasteiger partial charge in [-0.25, -0.2) is 0 Å². The van der Waals surface area contributed by atoms with Gasteiger partial charge >= 0.3 is 5.97 Å². The number of hydrogen-bond donors (Lipinski definition) is 3. The van der Waals surface area contributed by atoms with Crippen molar-refractivity contribution in [1.82, 2.24) is 0 Å². The summed E-state index contributed by atoms with van der Waals surface area (Å²) in [7, 11) is 0. The van der Waals surface area contributed by atoms with Crippen LogP contribution in [0.1, 0.15) is 129 Å². The van der Waals surface area contributed by atoms with Gasteiger partial charge in [-0.3, -0.25) is 4.79 Å². The van der Waals surface area contributed by atoms with E-state index in [0.29, 0.717) is 19.3 Å². The second-order valence-corrected chi connectivity index (χ2v) is 8.56. The van der Waals surface area contributed by atoms with E-state index in [1.807, 2.05) is 0 Å². The zero-order valence-electron chi connectivity index (χ0n) is 18.7. The molecule has 0 saturated carbocycles. The number of aliphatic hydroxyl groups is 2. The van der Waals surface area contributed by atoms with Crippen molar-refractivity contribution in [3.63, 3.8) is 0 Å². The third-order valence-corrected chi connectivity index (χ3v) is 5.84. The highest BCUT2D eigenvalue weighted by molar-refractivity contribution is 5.70. The van der Waals surface area contributed by atoms with E-state index in [-0.39, 0.29) is 0 Å². The third kappa shape index (κ3) is 16.4. The van der Waals surface area contributed by atoms with E-state index in [9.17, 15) is 20.1 Å². The lowest BCUT2D eigenvalue weighted by Gasteiger charge is -2.20. The van der Waals surface area contributed by atoms with Gasteiger partial charge < -0.3 is 15.3 Å². The molecule has 0 heterocycles. The zero-order chi connectivity index (χ0) is 21.0. The van der Waals surface area contributed by atoms with Gasteiger partial charge in [-0.15, -0.1) is 0 Å². The predicted molar refractivity (Wildman–Crippen MR) is 118 cm³/mol. The number of aliphatic carboxylic acids is 1. The minimum absolute atomic E-state index is 0.365. The van der Waals surface area contributed by atoms with Crippen LogP contribution in [0.3, 0.4) is 0 Å². The summed E-state index contributed by atoms with van der Waals surface area (Å²) in [5.74, 6) is -1.68. The quantitative estimate of drug-likeness (QED) is 0.193. The average molecular weight is 401 g/mol. The molecule has 3 atom stereocenters. The summed E-state index contributed by atoms with van der Waals surface area (Å²) < 4.78 is 0. The second-order valence-electron chi connectivity index (χ2n) is 8.56. The molecular formula is C24H48O4. The van der Waals surface area contributed by atoms with Crippen LogP contribution in [0.25, 0.3) is 0 Å². The van der Waals surface area contributed by atoms with Gasteiger partial charge in [0.2, 0.25) is 0 Å². The van der Waals surface area contributed by atoms with Gasteiger partial charge in [-0.05, 0) is 25.7 Å². The summed E-state index contributed by atoms with van der Waals surface area (Å²) in [6.07, 6.45) is 17.7. The Morgan fingerprint density at radius 3 is 1.50 bits per heavy atom. The van der Waals surface area contributed by atoms with Crippen molar-refractivity contribution < 1.29 is 20.1 Å². The molecule has 0 aromatic heterocycles. The molecule has 4 nitrogen and oxygen atoms in total. The summed E-state index contributed by atoms with van der Waals surface area (Å²) in [6.45, 7) is 4.40. The number of hydrogen-bond acceptors (Lipinski definition) is 3. The molecule has 168 valence electrons. The molecule has 0 aromatic rings. The molecule has 0 aliphatic heterocycles. The minimum atomic E-state index is -0.934. The van der Waals surface area contributed by atoms with Crippen LogP contribution < -0.4 is 0 Å². The predicted octanol–water partition coefficient (Wildman–Crippen LogP) is 6.47. The first-order chi connectivity index (χ1) is 13.5. The van der Waals surface area contributed by atoms with Gasteiger partial charge in [-0.2, -0.15) is 0 Å². The maximum Gasteiger partial charge on any atom is 0.309 e. The van der Waals surface area contributed by atoms with Crippen LogP contribution in [0, 0.1) is 5.92 Å². The van der Waals surface area contributed by atoms with Crippen LogP contribution in [0.4, 0.5) is 0 Å². The molecule has 28 heavy (non-hydrogen) atoms. The van der Waals surface area contributed by atoms with Crippen molar-refractivity contribution in [2.75, 3.05) is 0 Å². The van der Waals surface area contributed by atoms with Crippen LogP contribution in [-0.4, -0.2) is 33.5 Å². The lowest BCUT2D eigenvalue weighted by Crippen LogP contribution is -2.29. The third-order valence-electron chi connectivity index (χ3n) is 5.84. The van der Waals surface area contributed by atoms with Crippen molar-refractivity contribution in [1.29, 1.82) is 0 Å². The molecular weight excluding hydrogens is 352 g/mol. The molecule has 0 amide bonds. The average Bonchev–Trinajstić information content (AvgIpc) is 2.66. The Balaban J connectivity index is 3.80. The number of rotatable bonds is 21. The molecule has 0 fully saturated rings. The Morgan fingerprint density at radius 2 is 1.04 bits per heavy atom. The van der Waals surface area contributed by atoms with Crippen LogP contribution in [0.5, 0.6) is 0 Å². The molecule has 0 aromatic carbocycles. The van der Waals surface area contributed by atoms with E-state index in [1.54, 1.807) is 0 Å². The SMILES string of the molecule is CCCCCCCCCCCC(O)CCC(C(=O)O)C(O)CCCCCCC. The van der Waals surface area contributed by atoms with Crippen LogP contribution in [0.15, 0.2) is 0 Å². The van der Waals surface area contributed by atoms with E-state index < -0.39 is 24.1 Å². The van der Waals surface area contributed by atoms with Crippen LogP contribution in [0.2, 0.25) is 0 Å². The van der Waals surface area contributed by atoms with Crippen molar-refractivity contribution in [3.05, 3.63) is 0 Å². The molecule has 0 radical (unpaired) electrons. The van der Waals surface area contributed by atoms with Crippen molar-refractivity contribution in [2.45, 2.75) is 142 Å². The highest BCUT2D eigenvalue weighted by Gasteiger charge is 2.26. The molecule has 0 saturated heterocycles. The van der Waals surface area contributed by atoms with Crippen molar-refractivity contribution >= 4 is 5.97 Å². The molecule has 0 bridgehead atoms. The van der Waals surface area contributed by atoms with Crippen LogP contribution >= 0.6 is 0 Å². The van der Waals surface area contributed by atoms with Crippen molar-refractivity contribution in [3.8, 4) is 0 Å². The lowest BCUT2D eigenvalue weighted by molar-refractivity contribution is -0.146. The van der Waals surface area contributed by atoms with Gasteiger partial charge in [0.15, 0.2) is 0 Å². The van der Waals surface area contributed by atoms with Gasteiger partial charge in [0.25, 0.3) is 0 Å². The molecule has 3 N–H and O–H groups in total. The monoisotopic (exact) mass is 400 g/mol. The zero-order valence-corrected chi connectivity index (χ0v) is 18.7. The first-order valence-electron chi connectivity index (χ1n) is 12.1. The smallest absolute Gasteiger partial charge is 0.309 e. The molecule has 0 aliphatic carbocycles. The Labute approximate surface area is 174 Å². The highest BCUT2D eigenvalue weighted by Crippen LogP contribution is 2.21. The van der Waals surface area contributed by atoms with E-state index >= 15 is 0 Å². The van der Waals surface area contributed by atoms with Crippen LogP contribution in [-0.2, 0) is 4.79 Å². The standard InChI is InChI=1S/C24H48O4/c1-3-5-7-9-10-11-12-14-15-17-21(25)19-20-22(24(27)28)23(26)18-16-13-8-6-4-2/h21-23,25-26H,3-20H2,1-2H3,(H,27,28). The Kier molecular flexibility index (Phi) is 19.3. The lowest BCUT2D eigenvalue weighted by atomic mass is 9.91. The van der Waals surface area contributed by atoms with E-state index in [4.69, 9.17) is 0 Å². The van der Waals surface area contributed by atoms with E-state index in [0.717, 1.165) is 38.5 Å². The number of unbranched alkanes of at least 4 members (excludes halogenated alkanes) is 12. The molecule has 0 aliphatic rings. The highest BCUT2D eigenvalue weighted by atomic mass is 16.4. The number of carboxylic acid groups (broad SMARTS) is 1. The fraction of sp³-hybridized carbons (Fsp3) is 0.958. The normalized spacial score (nSPS) is 14.7. The maximum atomic E-state index is 11.5. The number of aliphatic hydroxyl groups excluding tert-OH is 2. The van der Waals surface area contributed by atoms with E-state index in [1.165, 1.54) is 57.8 Å². The summed E-state index contributed by atoms with van der Waals surface area (Å²) in [5, 5.41) is 29.8. The van der Waals surface area contributed by atoms with Gasteiger partial charge in [0.1, 0.15) is 0 Å². The molecule has 0 rings (SSSR count). The fourth-order valence-electron chi connectivity index (χ4n) is 3.85. The van der Waals surface area contributed by atoms with Crippen molar-refractivity contribution in [2.24, 2.45) is 5.92 Å². The number of carboxylic acids is 1. The Morgan fingerprint density at radius 1 is 0.607 bits per heavy atom. The van der Waals surface area contributed by atoms with Gasteiger partial charge in [0.05, 0.1) is 18.1 Å². The maximum absolute atomic E-state index is 11.5. The van der Waals surface area contributed by atoms with Gasteiger partial charge in [-0.1, -0.05) is 104 Å². The largest absolute Gasteiger partial charge is 0.481 e.